The van der Waals surface area contributed by atoms with Crippen molar-refractivity contribution in [3.63, 3.8) is 0 Å². The van der Waals surface area contributed by atoms with Crippen LogP contribution >= 0.6 is 0 Å². The van der Waals surface area contributed by atoms with Crippen LogP contribution in [0.25, 0.3) is 0 Å². The van der Waals surface area contributed by atoms with Gasteiger partial charge in [-0.1, -0.05) is 6.58 Å². The fourth-order valence-corrected chi connectivity index (χ4v) is 3.25. The van der Waals surface area contributed by atoms with Crippen molar-refractivity contribution in [3.05, 3.63) is 12.8 Å². The smallest absolute Gasteiger partial charge is 0.213 e. The van der Waals surface area contributed by atoms with Crippen molar-refractivity contribution in [2.24, 2.45) is 0 Å². The van der Waals surface area contributed by atoms with Crippen molar-refractivity contribution in [2.45, 2.75) is 18.9 Å². The molecule has 0 aliphatic carbocycles. The minimum Gasteiger partial charge on any atom is -0.307 e. The number of rotatable bonds is 6. The van der Waals surface area contributed by atoms with Gasteiger partial charge in [0, 0.05) is 26.3 Å². The third-order valence-electron chi connectivity index (χ3n) is 3.04. The molecule has 6 nitrogen and oxygen atoms in total. The van der Waals surface area contributed by atoms with Crippen LogP contribution in [0.3, 0.4) is 0 Å². The van der Waals surface area contributed by atoms with Crippen LogP contribution in [0, 0.1) is 11.3 Å². The van der Waals surface area contributed by atoms with E-state index in [-0.39, 0.29) is 12.2 Å². The maximum Gasteiger partial charge on any atom is 0.213 e. The van der Waals surface area contributed by atoms with Gasteiger partial charge in [0.2, 0.25) is 10.0 Å². The summed E-state index contributed by atoms with van der Waals surface area (Å²) in [6.45, 7) is 5.92. The second-order valence-electron chi connectivity index (χ2n) is 4.00. The Morgan fingerprint density at radius 1 is 1.65 bits per heavy atom. The third-order valence-corrected chi connectivity index (χ3v) is 4.82. The zero-order valence-corrected chi connectivity index (χ0v) is 11.0. The average Bonchev–Trinajstić information content (AvgIpc) is 2.26. The summed E-state index contributed by atoms with van der Waals surface area (Å²) in [5, 5.41) is 10.6. The van der Waals surface area contributed by atoms with Gasteiger partial charge < -0.3 is 5.01 Å². The van der Waals surface area contributed by atoms with E-state index >= 15 is 0 Å². The molecule has 0 bridgehead atoms. The molecule has 1 rings (SSSR count). The summed E-state index contributed by atoms with van der Waals surface area (Å²) in [5.41, 5.74) is 2.42. The summed E-state index contributed by atoms with van der Waals surface area (Å²) in [7, 11) is -1.45. The highest BCUT2D eigenvalue weighted by atomic mass is 32.2. The zero-order chi connectivity index (χ0) is 13.1. The molecule has 1 saturated heterocycles. The van der Waals surface area contributed by atoms with Gasteiger partial charge in [0.1, 0.15) is 0 Å². The summed E-state index contributed by atoms with van der Waals surface area (Å²) in [4.78, 5) is 0. The molecule has 7 heteroatoms. The Kier molecular flexibility index (Phi) is 4.14. The second-order valence-corrected chi connectivity index (χ2v) is 6.26. The lowest BCUT2D eigenvalue weighted by Crippen LogP contribution is -2.71. The number of nitriles is 1. The van der Waals surface area contributed by atoms with Crippen LogP contribution in [0.1, 0.15) is 13.3 Å². The standard InChI is InChI=1S/C10H18N4O2S/c1-4-14(12-3)10(6-7-11)8-13(9-10)17(15,16)5-2/h4,12H,1,5-6,8-9H2,2-3H3. The largest absolute Gasteiger partial charge is 0.307 e. The van der Waals surface area contributed by atoms with Crippen molar-refractivity contribution in [1.29, 1.82) is 5.26 Å². The quantitative estimate of drug-likeness (QED) is 0.672. The average molecular weight is 258 g/mol. The summed E-state index contributed by atoms with van der Waals surface area (Å²) in [6.07, 6.45) is 1.84. The van der Waals surface area contributed by atoms with Crippen LogP contribution < -0.4 is 5.43 Å². The first-order chi connectivity index (χ1) is 7.95. The number of sulfonamides is 1. The van der Waals surface area contributed by atoms with E-state index in [1.165, 1.54) is 4.31 Å². The first kappa shape index (κ1) is 14.0. The van der Waals surface area contributed by atoms with Crippen LogP contribution in [-0.4, -0.2) is 49.2 Å². The fraction of sp³-hybridized carbons (Fsp3) is 0.700. The minimum absolute atomic E-state index is 0.0866. The topological polar surface area (TPSA) is 76.4 Å². The van der Waals surface area contributed by atoms with Crippen LogP contribution in [0.4, 0.5) is 0 Å². The van der Waals surface area contributed by atoms with Crippen LogP contribution in [0.15, 0.2) is 12.8 Å². The van der Waals surface area contributed by atoms with Crippen molar-refractivity contribution in [1.82, 2.24) is 14.7 Å². The molecule has 1 aliphatic heterocycles. The highest BCUT2D eigenvalue weighted by molar-refractivity contribution is 7.89. The predicted octanol–water partition coefficient (Wildman–Crippen LogP) is -0.116. The van der Waals surface area contributed by atoms with E-state index in [1.54, 1.807) is 25.2 Å². The minimum atomic E-state index is -3.17. The van der Waals surface area contributed by atoms with Crippen molar-refractivity contribution >= 4 is 10.0 Å². The van der Waals surface area contributed by atoms with E-state index in [2.05, 4.69) is 18.1 Å². The molecule has 1 N–H and O–H groups in total. The Morgan fingerprint density at radius 3 is 2.59 bits per heavy atom. The fourth-order valence-electron chi connectivity index (χ4n) is 2.01. The normalized spacial score (nSPS) is 19.1. The van der Waals surface area contributed by atoms with E-state index in [1.807, 2.05) is 0 Å². The Bertz CT molecular complexity index is 420. The monoisotopic (exact) mass is 258 g/mol. The maximum atomic E-state index is 11.7. The number of hydrogen-bond acceptors (Lipinski definition) is 5. The van der Waals surface area contributed by atoms with Gasteiger partial charge in [0.25, 0.3) is 0 Å². The van der Waals surface area contributed by atoms with Gasteiger partial charge in [-0.3, -0.25) is 0 Å². The molecule has 0 saturated carbocycles. The summed E-state index contributed by atoms with van der Waals surface area (Å²) in [5.74, 6) is 0.0866. The molecule has 0 spiro atoms. The molecule has 0 aromatic heterocycles. The van der Waals surface area contributed by atoms with Crippen LogP contribution in [0.5, 0.6) is 0 Å². The Balaban J connectivity index is 2.83. The molecule has 96 valence electrons. The first-order valence-electron chi connectivity index (χ1n) is 5.40. The van der Waals surface area contributed by atoms with Gasteiger partial charge in [-0.15, -0.1) is 0 Å². The predicted molar refractivity (Wildman–Crippen MR) is 65.1 cm³/mol. The molecule has 0 aromatic carbocycles. The molecule has 0 amide bonds. The molecular weight excluding hydrogens is 240 g/mol. The van der Waals surface area contributed by atoms with E-state index in [9.17, 15) is 8.42 Å². The van der Waals surface area contributed by atoms with E-state index < -0.39 is 15.6 Å². The Hall–Kier alpha value is -1.10. The molecule has 0 radical (unpaired) electrons. The number of hydrazine groups is 1. The van der Waals surface area contributed by atoms with Crippen molar-refractivity contribution < 1.29 is 8.42 Å². The molecule has 1 fully saturated rings. The summed E-state index contributed by atoms with van der Waals surface area (Å²) in [6, 6.07) is 2.10. The van der Waals surface area contributed by atoms with E-state index in [0.717, 1.165) is 0 Å². The van der Waals surface area contributed by atoms with Crippen molar-refractivity contribution in [3.8, 4) is 6.07 Å². The lowest BCUT2D eigenvalue weighted by atomic mass is 9.88. The summed E-state index contributed by atoms with van der Waals surface area (Å²) < 4.78 is 24.7. The Morgan fingerprint density at radius 2 is 2.24 bits per heavy atom. The summed E-state index contributed by atoms with van der Waals surface area (Å²) >= 11 is 0. The van der Waals surface area contributed by atoms with Gasteiger partial charge in [0.15, 0.2) is 0 Å². The maximum absolute atomic E-state index is 11.7. The van der Waals surface area contributed by atoms with Crippen LogP contribution in [-0.2, 0) is 10.0 Å². The highest BCUT2D eigenvalue weighted by Crippen LogP contribution is 2.32. The molecule has 1 heterocycles. The van der Waals surface area contributed by atoms with Crippen molar-refractivity contribution in [2.75, 3.05) is 25.9 Å². The zero-order valence-electron chi connectivity index (χ0n) is 10.2. The lowest BCUT2D eigenvalue weighted by molar-refractivity contribution is -0.00292. The molecule has 0 atom stereocenters. The highest BCUT2D eigenvalue weighted by Gasteiger charge is 2.50. The van der Waals surface area contributed by atoms with E-state index in [4.69, 9.17) is 5.26 Å². The number of hydrogen-bond donors (Lipinski definition) is 1. The SMILES string of the molecule is C=CN(NC)C1(CC#N)CN(S(=O)(=O)CC)C1. The lowest BCUT2D eigenvalue weighted by Gasteiger charge is -2.53. The molecular formula is C10H18N4O2S. The molecule has 0 unspecified atom stereocenters. The third kappa shape index (κ3) is 2.44. The number of nitrogens with zero attached hydrogens (tertiary/aromatic N) is 3. The van der Waals surface area contributed by atoms with Gasteiger partial charge in [0.05, 0.1) is 23.8 Å². The first-order valence-corrected chi connectivity index (χ1v) is 7.00. The van der Waals surface area contributed by atoms with Gasteiger partial charge in [-0.2, -0.15) is 9.57 Å². The van der Waals surface area contributed by atoms with Gasteiger partial charge >= 0.3 is 0 Å². The molecule has 1 aliphatic rings. The number of nitrogens with one attached hydrogen (secondary N) is 1. The molecule has 0 aromatic rings. The Labute approximate surface area is 103 Å². The van der Waals surface area contributed by atoms with Crippen LogP contribution in [0.2, 0.25) is 0 Å². The van der Waals surface area contributed by atoms with Gasteiger partial charge in [-0.25, -0.2) is 13.8 Å². The second kappa shape index (κ2) is 5.04. The molecule has 17 heavy (non-hydrogen) atoms. The van der Waals surface area contributed by atoms with Gasteiger partial charge in [-0.05, 0) is 6.92 Å². The van der Waals surface area contributed by atoms with E-state index in [0.29, 0.717) is 13.1 Å².